The molecule has 0 fully saturated rings. The van der Waals surface area contributed by atoms with Crippen LogP contribution in [0.3, 0.4) is 0 Å². The van der Waals surface area contributed by atoms with Gasteiger partial charge in [0.15, 0.2) is 10.4 Å². The van der Waals surface area contributed by atoms with Gasteiger partial charge in [0.2, 0.25) is 0 Å². The van der Waals surface area contributed by atoms with Crippen molar-refractivity contribution in [3.63, 3.8) is 0 Å². The molecule has 0 bridgehead atoms. The van der Waals surface area contributed by atoms with Crippen LogP contribution in [-0.4, -0.2) is 30.2 Å². The largest absolute Gasteiger partial charge is 0.329 e. The monoisotopic (exact) mass is 269 g/mol. The molecule has 0 amide bonds. The van der Waals surface area contributed by atoms with Crippen molar-refractivity contribution in [2.45, 2.75) is 20.4 Å². The van der Waals surface area contributed by atoms with Gasteiger partial charge in [-0.25, -0.2) is 4.98 Å². The fraction of sp³-hybridized carbons (Fsp3) is 0.455. The summed E-state index contributed by atoms with van der Waals surface area (Å²) >= 11 is 5.25. The molecule has 1 N–H and O–H groups in total. The Morgan fingerprint density at radius 1 is 1.59 bits per heavy atom. The lowest BCUT2D eigenvalue weighted by molar-refractivity contribution is 0.675. The standard InChI is InChI=1S/C11H15N3OS2/c1-3-17(15)5-4-14-10-9(13-11(14)16)6-8(2)7-12-10/h6-7H,3-5H2,1-2H3,(H,13,16). The van der Waals surface area contributed by atoms with Crippen molar-refractivity contribution in [1.82, 2.24) is 14.5 Å². The van der Waals surface area contributed by atoms with E-state index in [0.29, 0.717) is 22.8 Å². The summed E-state index contributed by atoms with van der Waals surface area (Å²) in [4.78, 5) is 7.50. The van der Waals surface area contributed by atoms with Crippen LogP contribution >= 0.6 is 12.2 Å². The fourth-order valence-corrected chi connectivity index (χ4v) is 2.66. The maximum atomic E-state index is 11.4. The number of imidazole rings is 1. The molecule has 0 saturated heterocycles. The third-order valence-corrected chi connectivity index (χ3v) is 4.21. The van der Waals surface area contributed by atoms with Crippen molar-refractivity contribution < 1.29 is 4.21 Å². The number of aromatic nitrogens is 3. The lowest BCUT2D eigenvalue weighted by Gasteiger charge is -2.03. The van der Waals surface area contributed by atoms with Gasteiger partial charge >= 0.3 is 0 Å². The van der Waals surface area contributed by atoms with Gasteiger partial charge in [-0.3, -0.25) is 4.21 Å². The average molecular weight is 269 g/mol. The van der Waals surface area contributed by atoms with Gasteiger partial charge in [-0.15, -0.1) is 0 Å². The Kier molecular flexibility index (Phi) is 3.73. The van der Waals surface area contributed by atoms with Gasteiger partial charge in [0, 0.05) is 35.0 Å². The Morgan fingerprint density at radius 3 is 3.06 bits per heavy atom. The van der Waals surface area contributed by atoms with Crippen LogP contribution in [0.4, 0.5) is 0 Å². The summed E-state index contributed by atoms with van der Waals surface area (Å²) in [7, 11) is -0.776. The van der Waals surface area contributed by atoms with E-state index in [9.17, 15) is 4.21 Å². The maximum Gasteiger partial charge on any atom is 0.179 e. The van der Waals surface area contributed by atoms with Crippen LogP contribution < -0.4 is 0 Å². The van der Waals surface area contributed by atoms with Gasteiger partial charge in [0.1, 0.15) is 0 Å². The molecule has 2 rings (SSSR count). The van der Waals surface area contributed by atoms with E-state index in [1.54, 1.807) is 0 Å². The zero-order valence-corrected chi connectivity index (χ0v) is 11.5. The number of aromatic amines is 1. The lowest BCUT2D eigenvalue weighted by Crippen LogP contribution is -2.09. The summed E-state index contributed by atoms with van der Waals surface area (Å²) in [6.45, 7) is 4.56. The molecule has 0 aliphatic heterocycles. The first kappa shape index (κ1) is 12.4. The summed E-state index contributed by atoms with van der Waals surface area (Å²) in [5.41, 5.74) is 2.88. The van der Waals surface area contributed by atoms with Crippen molar-refractivity contribution in [3.05, 3.63) is 22.6 Å². The second-order valence-electron chi connectivity index (χ2n) is 3.90. The Labute approximate surface area is 108 Å². The van der Waals surface area contributed by atoms with Crippen molar-refractivity contribution in [2.75, 3.05) is 11.5 Å². The summed E-state index contributed by atoms with van der Waals surface area (Å²) < 4.78 is 14.0. The topological polar surface area (TPSA) is 50.7 Å². The van der Waals surface area contributed by atoms with Crippen molar-refractivity contribution in [1.29, 1.82) is 0 Å². The van der Waals surface area contributed by atoms with Crippen LogP contribution in [0.5, 0.6) is 0 Å². The summed E-state index contributed by atoms with van der Waals surface area (Å²) in [6.07, 6.45) is 1.82. The van der Waals surface area contributed by atoms with Crippen LogP contribution in [0, 0.1) is 11.7 Å². The number of hydrogen-bond acceptors (Lipinski definition) is 3. The van der Waals surface area contributed by atoms with E-state index in [1.807, 2.05) is 30.7 Å². The van der Waals surface area contributed by atoms with Crippen LogP contribution in [0.2, 0.25) is 0 Å². The highest BCUT2D eigenvalue weighted by molar-refractivity contribution is 7.84. The molecule has 0 aliphatic carbocycles. The molecule has 17 heavy (non-hydrogen) atoms. The molecule has 0 aromatic carbocycles. The summed E-state index contributed by atoms with van der Waals surface area (Å²) in [5.74, 6) is 1.30. The van der Waals surface area contributed by atoms with Crippen LogP contribution in [0.25, 0.3) is 11.2 Å². The number of H-pyrrole nitrogens is 1. The highest BCUT2D eigenvalue weighted by Gasteiger charge is 2.06. The predicted molar refractivity (Wildman–Crippen MR) is 73.2 cm³/mol. The number of hydrogen-bond donors (Lipinski definition) is 1. The number of nitrogens with zero attached hydrogens (tertiary/aromatic N) is 2. The molecule has 0 aliphatic rings. The minimum absolute atomic E-state index is 0.618. The molecule has 6 heteroatoms. The Hall–Kier alpha value is -1.01. The van der Waals surface area contributed by atoms with Gasteiger partial charge in [-0.05, 0) is 30.8 Å². The third-order valence-electron chi connectivity index (χ3n) is 2.61. The van der Waals surface area contributed by atoms with Crippen molar-refractivity contribution in [2.24, 2.45) is 0 Å². The highest BCUT2D eigenvalue weighted by atomic mass is 32.2. The first-order valence-electron chi connectivity index (χ1n) is 5.52. The summed E-state index contributed by atoms with van der Waals surface area (Å²) in [6, 6.07) is 2.02. The molecule has 1 unspecified atom stereocenters. The van der Waals surface area contributed by atoms with Gasteiger partial charge in [-0.2, -0.15) is 0 Å². The zero-order chi connectivity index (χ0) is 12.4. The first-order chi connectivity index (χ1) is 8.11. The van der Waals surface area contributed by atoms with Crippen LogP contribution in [0.15, 0.2) is 12.3 Å². The normalized spacial score (nSPS) is 13.1. The number of nitrogens with one attached hydrogen (secondary N) is 1. The van der Waals surface area contributed by atoms with Gasteiger partial charge < -0.3 is 9.55 Å². The lowest BCUT2D eigenvalue weighted by atomic mass is 10.3. The van der Waals surface area contributed by atoms with E-state index < -0.39 is 10.8 Å². The predicted octanol–water partition coefficient (Wildman–Crippen LogP) is 2.17. The second-order valence-corrected chi connectivity index (χ2v) is 6.15. The Bertz CT molecular complexity index is 615. The molecule has 2 heterocycles. The molecule has 0 saturated carbocycles. The number of pyridine rings is 1. The smallest absolute Gasteiger partial charge is 0.179 e. The zero-order valence-electron chi connectivity index (χ0n) is 9.90. The molecule has 1 atom stereocenters. The first-order valence-corrected chi connectivity index (χ1v) is 7.41. The summed E-state index contributed by atoms with van der Waals surface area (Å²) in [5, 5.41) is 0. The van der Waals surface area contributed by atoms with Crippen molar-refractivity contribution >= 4 is 34.2 Å². The second kappa shape index (κ2) is 5.10. The molecule has 2 aromatic rings. The molecule has 0 spiro atoms. The Morgan fingerprint density at radius 2 is 2.35 bits per heavy atom. The molecular formula is C11H15N3OS2. The minimum atomic E-state index is -0.776. The van der Waals surface area contributed by atoms with Gasteiger partial charge in [-0.1, -0.05) is 6.92 Å². The third kappa shape index (κ3) is 2.63. The quantitative estimate of drug-likeness (QED) is 0.865. The van der Waals surface area contributed by atoms with E-state index in [4.69, 9.17) is 12.2 Å². The van der Waals surface area contributed by atoms with Crippen LogP contribution in [0.1, 0.15) is 12.5 Å². The average Bonchev–Trinajstić information content (AvgIpc) is 2.61. The molecule has 92 valence electrons. The Balaban J connectivity index is 2.36. The molecule has 0 radical (unpaired) electrons. The van der Waals surface area contributed by atoms with E-state index in [2.05, 4.69) is 9.97 Å². The number of rotatable bonds is 4. The SMILES string of the molecule is CCS(=O)CCn1c(=S)[nH]c2cc(C)cnc21. The number of aryl methyl sites for hydroxylation is 2. The molecular weight excluding hydrogens is 254 g/mol. The minimum Gasteiger partial charge on any atom is -0.329 e. The van der Waals surface area contributed by atoms with E-state index in [0.717, 1.165) is 16.7 Å². The van der Waals surface area contributed by atoms with Gasteiger partial charge in [0.25, 0.3) is 0 Å². The van der Waals surface area contributed by atoms with Crippen molar-refractivity contribution in [3.8, 4) is 0 Å². The highest BCUT2D eigenvalue weighted by Crippen LogP contribution is 2.12. The van der Waals surface area contributed by atoms with Gasteiger partial charge in [0.05, 0.1) is 5.52 Å². The van der Waals surface area contributed by atoms with Crippen LogP contribution in [-0.2, 0) is 17.3 Å². The molecule has 4 nitrogen and oxygen atoms in total. The number of fused-ring (bicyclic) bond motifs is 1. The maximum absolute atomic E-state index is 11.4. The molecule has 2 aromatic heterocycles. The van der Waals surface area contributed by atoms with E-state index in [1.165, 1.54) is 0 Å². The fourth-order valence-electron chi connectivity index (χ4n) is 1.69. The van der Waals surface area contributed by atoms with E-state index >= 15 is 0 Å². The van der Waals surface area contributed by atoms with E-state index in [-0.39, 0.29) is 0 Å².